The van der Waals surface area contributed by atoms with Crippen LogP contribution in [0.3, 0.4) is 0 Å². The summed E-state index contributed by atoms with van der Waals surface area (Å²) in [6, 6.07) is 3.95. The summed E-state index contributed by atoms with van der Waals surface area (Å²) >= 11 is 0. The van der Waals surface area contributed by atoms with Crippen molar-refractivity contribution in [2.75, 3.05) is 13.1 Å². The Morgan fingerprint density at radius 1 is 1.17 bits per heavy atom. The Morgan fingerprint density at radius 3 is 2.33 bits per heavy atom. The molecule has 4 nitrogen and oxygen atoms in total. The Bertz CT molecular complexity index is 729. The van der Waals surface area contributed by atoms with E-state index in [1.807, 2.05) is 0 Å². The van der Waals surface area contributed by atoms with Gasteiger partial charge in [0.1, 0.15) is 0 Å². The summed E-state index contributed by atoms with van der Waals surface area (Å²) in [6.45, 7) is 1.29. The lowest BCUT2D eigenvalue weighted by Gasteiger charge is -2.52. The second-order valence-corrected chi connectivity index (χ2v) is 9.01. The number of rotatable bonds is 3. The van der Waals surface area contributed by atoms with Gasteiger partial charge in [0.15, 0.2) is 9.84 Å². The van der Waals surface area contributed by atoms with Gasteiger partial charge in [0.05, 0.1) is 15.7 Å². The van der Waals surface area contributed by atoms with Crippen molar-refractivity contribution >= 4 is 16.2 Å². The molecule has 0 radical (unpaired) electrons. The fourth-order valence-corrected chi connectivity index (χ4v) is 5.56. The summed E-state index contributed by atoms with van der Waals surface area (Å²) in [7, 11) is -3.78. The molecule has 0 N–H and O–H groups in total. The molecule has 1 aromatic carbocycles. The van der Waals surface area contributed by atoms with Crippen molar-refractivity contribution in [3.8, 4) is 0 Å². The topological polar surface area (TPSA) is 54.5 Å². The van der Waals surface area contributed by atoms with Crippen LogP contribution in [0.15, 0.2) is 29.2 Å². The number of sulfone groups is 1. The number of halogens is 3. The first-order chi connectivity index (χ1) is 11.2. The van der Waals surface area contributed by atoms with Crippen LogP contribution in [0.4, 0.5) is 13.2 Å². The Kier molecular flexibility index (Phi) is 4.14. The lowest BCUT2D eigenvalue weighted by Crippen LogP contribution is -2.57. The zero-order chi connectivity index (χ0) is 17.6. The maximum Gasteiger partial charge on any atom is 0.416 e. The Balaban J connectivity index is 1.74. The first-order valence-electron chi connectivity index (χ1n) is 7.77. The van der Waals surface area contributed by atoms with Gasteiger partial charge < -0.3 is 4.90 Å². The van der Waals surface area contributed by atoms with E-state index in [-0.39, 0.29) is 10.3 Å². The number of nitrogens with zero attached hydrogens (tertiary/aromatic N) is 1. The first kappa shape index (κ1) is 17.3. The summed E-state index contributed by atoms with van der Waals surface area (Å²) < 4.78 is 63.7. The Hall–Kier alpha value is -1.57. The van der Waals surface area contributed by atoms with Crippen LogP contribution in [0.5, 0.6) is 0 Å². The summed E-state index contributed by atoms with van der Waals surface area (Å²) in [5, 5.41) is -0.656. The smallest absolute Gasteiger partial charge is 0.344 e. The highest BCUT2D eigenvalue weighted by molar-refractivity contribution is 7.92. The number of likely N-dealkylation sites (tertiary alicyclic amines) is 1. The van der Waals surface area contributed by atoms with E-state index in [0.717, 1.165) is 24.6 Å². The van der Waals surface area contributed by atoms with Gasteiger partial charge in [-0.1, -0.05) is 6.07 Å². The molecule has 1 aliphatic heterocycles. The first-order valence-corrected chi connectivity index (χ1v) is 9.31. The highest BCUT2D eigenvalue weighted by Crippen LogP contribution is 2.45. The molecule has 0 aromatic heterocycles. The van der Waals surface area contributed by atoms with Gasteiger partial charge in [0.2, 0.25) is 6.41 Å². The number of hydrogen-bond donors (Lipinski definition) is 0. The molecule has 2 aliphatic rings. The van der Waals surface area contributed by atoms with E-state index in [1.54, 1.807) is 4.90 Å². The molecule has 2 fully saturated rings. The van der Waals surface area contributed by atoms with Crippen LogP contribution in [0.25, 0.3) is 0 Å². The van der Waals surface area contributed by atoms with Crippen LogP contribution in [-0.2, 0) is 20.8 Å². The minimum atomic E-state index is -4.56. The second-order valence-electron chi connectivity index (χ2n) is 6.78. The van der Waals surface area contributed by atoms with Gasteiger partial charge in [-0.25, -0.2) is 8.42 Å². The molecule has 0 unspecified atom stereocenters. The van der Waals surface area contributed by atoms with Gasteiger partial charge in [-0.15, -0.1) is 0 Å². The van der Waals surface area contributed by atoms with Gasteiger partial charge in [-0.2, -0.15) is 13.2 Å². The zero-order valence-electron chi connectivity index (χ0n) is 12.9. The van der Waals surface area contributed by atoms with Crippen LogP contribution in [0.1, 0.15) is 31.2 Å². The third-order valence-corrected chi connectivity index (χ3v) is 7.41. The summed E-state index contributed by atoms with van der Waals surface area (Å²) in [5.74, 6) is 0. The van der Waals surface area contributed by atoms with Crippen LogP contribution in [0, 0.1) is 5.41 Å². The van der Waals surface area contributed by atoms with Crippen LogP contribution in [-0.4, -0.2) is 38.1 Å². The maximum atomic E-state index is 12.8. The third kappa shape index (κ3) is 3.03. The molecule has 1 heterocycles. The van der Waals surface area contributed by atoms with Crippen molar-refractivity contribution in [3.05, 3.63) is 29.8 Å². The molecule has 1 aliphatic carbocycles. The predicted octanol–water partition coefficient (Wildman–Crippen LogP) is 2.88. The lowest BCUT2D eigenvalue weighted by molar-refractivity contribution is -0.137. The highest BCUT2D eigenvalue weighted by Gasteiger charge is 2.47. The summed E-state index contributed by atoms with van der Waals surface area (Å²) in [6.07, 6.45) is -1.57. The van der Waals surface area contributed by atoms with Crippen LogP contribution >= 0.6 is 0 Å². The third-order valence-electron chi connectivity index (χ3n) is 5.15. The number of carbonyl (C=O) groups excluding carboxylic acids is 1. The molecule has 8 heteroatoms. The fourth-order valence-electron chi connectivity index (χ4n) is 3.76. The Labute approximate surface area is 138 Å². The molecule has 1 saturated heterocycles. The zero-order valence-corrected chi connectivity index (χ0v) is 13.7. The Morgan fingerprint density at radius 2 is 1.79 bits per heavy atom. The van der Waals surface area contributed by atoms with Crippen LogP contribution in [0.2, 0.25) is 0 Å². The van der Waals surface area contributed by atoms with Gasteiger partial charge in [-0.05, 0) is 43.9 Å². The van der Waals surface area contributed by atoms with Crippen molar-refractivity contribution in [2.24, 2.45) is 5.41 Å². The normalized spacial score (nSPS) is 21.5. The van der Waals surface area contributed by atoms with Crippen molar-refractivity contribution in [1.29, 1.82) is 0 Å². The second kappa shape index (κ2) is 5.75. The van der Waals surface area contributed by atoms with E-state index in [9.17, 15) is 26.4 Å². The van der Waals surface area contributed by atoms with E-state index < -0.39 is 26.8 Å². The van der Waals surface area contributed by atoms with Gasteiger partial charge >= 0.3 is 6.18 Å². The molecule has 3 rings (SSSR count). The molecule has 1 saturated carbocycles. The summed E-state index contributed by atoms with van der Waals surface area (Å²) in [4.78, 5) is 12.1. The standard InChI is InChI=1S/C16H18F3NO3S/c17-16(18,19)12-2-1-3-14(8-12)24(22,23)13-4-6-15(7-5-13)9-20(10-15)11-21/h1-3,8,11,13H,4-7,9-10H2. The molecule has 1 spiro atoms. The lowest BCUT2D eigenvalue weighted by atomic mass is 9.69. The van der Waals surface area contributed by atoms with E-state index in [2.05, 4.69) is 0 Å². The van der Waals surface area contributed by atoms with Crippen LogP contribution < -0.4 is 0 Å². The number of hydrogen-bond acceptors (Lipinski definition) is 3. The molecule has 24 heavy (non-hydrogen) atoms. The molecule has 0 bridgehead atoms. The molecule has 1 aromatic rings. The highest BCUT2D eigenvalue weighted by atomic mass is 32.2. The molecule has 1 amide bonds. The number of carbonyl (C=O) groups is 1. The maximum absolute atomic E-state index is 12.8. The van der Waals surface area contributed by atoms with E-state index >= 15 is 0 Å². The molecular formula is C16H18F3NO3S. The molecule has 132 valence electrons. The number of alkyl halides is 3. The summed E-state index contributed by atoms with van der Waals surface area (Å²) in [5.41, 5.74) is -0.947. The van der Waals surface area contributed by atoms with E-state index in [4.69, 9.17) is 0 Å². The fraction of sp³-hybridized carbons (Fsp3) is 0.562. The van der Waals surface area contributed by atoms with Gasteiger partial charge in [0, 0.05) is 18.5 Å². The predicted molar refractivity (Wildman–Crippen MR) is 81.0 cm³/mol. The van der Waals surface area contributed by atoms with Crippen molar-refractivity contribution in [1.82, 2.24) is 4.90 Å². The average molecular weight is 361 g/mol. The van der Waals surface area contributed by atoms with E-state index in [1.165, 1.54) is 6.07 Å². The van der Waals surface area contributed by atoms with Crippen molar-refractivity contribution < 1.29 is 26.4 Å². The van der Waals surface area contributed by atoms with Gasteiger partial charge in [-0.3, -0.25) is 4.79 Å². The number of benzene rings is 1. The molecule has 0 atom stereocenters. The number of amides is 1. The minimum Gasteiger partial charge on any atom is -0.344 e. The largest absolute Gasteiger partial charge is 0.416 e. The van der Waals surface area contributed by atoms with Crippen molar-refractivity contribution in [2.45, 2.75) is 42.0 Å². The quantitative estimate of drug-likeness (QED) is 0.778. The van der Waals surface area contributed by atoms with E-state index in [0.29, 0.717) is 38.8 Å². The SMILES string of the molecule is O=CN1CC2(CCC(S(=O)(=O)c3cccc(C(F)(F)F)c3)CC2)C1. The molecular weight excluding hydrogens is 343 g/mol. The minimum absolute atomic E-state index is 0.000742. The average Bonchev–Trinajstić information content (AvgIpc) is 2.52. The van der Waals surface area contributed by atoms with Crippen molar-refractivity contribution in [3.63, 3.8) is 0 Å². The monoisotopic (exact) mass is 361 g/mol. The van der Waals surface area contributed by atoms with Gasteiger partial charge in [0.25, 0.3) is 0 Å².